The molecule has 1 heterocycles. The molecule has 5 nitrogen and oxygen atoms in total. The first-order chi connectivity index (χ1) is 11.6. The molecule has 7 heteroatoms. The minimum Gasteiger partial charge on any atom is -0.351 e. The van der Waals surface area contributed by atoms with Gasteiger partial charge in [-0.1, -0.05) is 40.2 Å². The Balaban J connectivity index is 2.10. The van der Waals surface area contributed by atoms with Gasteiger partial charge in [0, 0.05) is 30.0 Å². The summed E-state index contributed by atoms with van der Waals surface area (Å²) < 4.78 is 28.3. The molecule has 2 rings (SSSR count). The molecule has 1 saturated heterocycles. The molecule has 0 atom stereocenters. The summed E-state index contributed by atoms with van der Waals surface area (Å²) in [5, 5.41) is 2.81. The Morgan fingerprint density at radius 2 is 1.76 bits per heavy atom. The van der Waals surface area contributed by atoms with Gasteiger partial charge in [-0.05, 0) is 44.7 Å². The summed E-state index contributed by atoms with van der Waals surface area (Å²) in [6.07, 6.45) is 1.06. The molecular formula is C18H25BrN2O3S. The van der Waals surface area contributed by atoms with Crippen molar-refractivity contribution in [3.63, 3.8) is 0 Å². The van der Waals surface area contributed by atoms with Crippen molar-refractivity contribution in [1.82, 2.24) is 9.62 Å². The highest BCUT2D eigenvalue weighted by Crippen LogP contribution is 2.28. The number of benzene rings is 1. The lowest BCUT2D eigenvalue weighted by molar-refractivity contribution is -0.125. The van der Waals surface area contributed by atoms with E-state index in [9.17, 15) is 13.2 Å². The van der Waals surface area contributed by atoms with Crippen molar-refractivity contribution >= 4 is 31.9 Å². The second-order valence-electron chi connectivity index (χ2n) is 6.64. The first-order valence-electron chi connectivity index (χ1n) is 8.32. The second-order valence-corrected chi connectivity index (χ2v) is 9.64. The van der Waals surface area contributed by atoms with E-state index in [0.29, 0.717) is 41.9 Å². The third-order valence-electron chi connectivity index (χ3n) is 4.48. The van der Waals surface area contributed by atoms with Gasteiger partial charge in [0.05, 0.1) is 4.90 Å². The number of carbonyl (C=O) groups excluding carboxylic acids is 1. The van der Waals surface area contributed by atoms with Crippen LogP contribution < -0.4 is 5.32 Å². The average molecular weight is 429 g/mol. The van der Waals surface area contributed by atoms with Gasteiger partial charge in [0.1, 0.15) is 0 Å². The molecule has 0 spiro atoms. The van der Waals surface area contributed by atoms with Crippen molar-refractivity contribution in [2.24, 2.45) is 5.92 Å². The van der Waals surface area contributed by atoms with E-state index in [1.165, 1.54) is 4.31 Å². The highest BCUT2D eigenvalue weighted by atomic mass is 79.9. The number of hydrogen-bond acceptors (Lipinski definition) is 3. The third-order valence-corrected chi connectivity index (χ3v) is 6.97. The van der Waals surface area contributed by atoms with E-state index in [4.69, 9.17) is 0 Å². The molecule has 1 aliphatic rings. The predicted octanol–water partition coefficient (Wildman–Crippen LogP) is 3.04. The maximum atomic E-state index is 13.0. The number of rotatable bonds is 5. The normalized spacial score (nSPS) is 16.6. The van der Waals surface area contributed by atoms with Gasteiger partial charge >= 0.3 is 0 Å². The standard InChI is InChI=1S/C18H25BrN2O3S/c1-12-9-13(2)17(14(3)10-12)25(23,24)21-7-5-16(6-8-21)18(22)20-11-15(4)19/h9-10,16H,4-8,11H2,1-3H3,(H,20,22). The quantitative estimate of drug-likeness (QED) is 0.783. The minimum atomic E-state index is -3.53. The summed E-state index contributed by atoms with van der Waals surface area (Å²) in [7, 11) is -3.53. The number of halogens is 1. The summed E-state index contributed by atoms with van der Waals surface area (Å²) >= 11 is 3.21. The monoisotopic (exact) mass is 428 g/mol. The van der Waals surface area contributed by atoms with Crippen molar-refractivity contribution in [2.45, 2.75) is 38.5 Å². The van der Waals surface area contributed by atoms with Gasteiger partial charge in [-0.15, -0.1) is 0 Å². The lowest BCUT2D eigenvalue weighted by Gasteiger charge is -2.31. The summed E-state index contributed by atoms with van der Waals surface area (Å²) in [6.45, 7) is 10.4. The fourth-order valence-electron chi connectivity index (χ4n) is 3.39. The van der Waals surface area contributed by atoms with Gasteiger partial charge < -0.3 is 5.32 Å². The number of carbonyl (C=O) groups is 1. The fourth-order valence-corrected chi connectivity index (χ4v) is 5.41. The molecule has 1 aliphatic heterocycles. The Hall–Kier alpha value is -1.18. The molecule has 1 aromatic carbocycles. The maximum absolute atomic E-state index is 13.0. The van der Waals surface area contributed by atoms with Crippen LogP contribution in [0.3, 0.4) is 0 Å². The second kappa shape index (κ2) is 8.01. The maximum Gasteiger partial charge on any atom is 0.243 e. The number of aryl methyl sites for hydroxylation is 3. The Bertz CT molecular complexity index is 759. The van der Waals surface area contributed by atoms with E-state index in [1.807, 2.05) is 32.9 Å². The van der Waals surface area contributed by atoms with E-state index >= 15 is 0 Å². The smallest absolute Gasteiger partial charge is 0.243 e. The molecule has 0 aromatic heterocycles. The molecule has 0 saturated carbocycles. The SMILES string of the molecule is C=C(Br)CNC(=O)C1CCN(S(=O)(=O)c2c(C)cc(C)cc2C)CC1. The number of nitrogens with one attached hydrogen (secondary N) is 1. The van der Waals surface area contributed by atoms with Gasteiger partial charge in [0.25, 0.3) is 0 Å². The zero-order chi connectivity index (χ0) is 18.8. The van der Waals surface area contributed by atoms with Crippen molar-refractivity contribution in [3.8, 4) is 0 Å². The molecule has 0 radical (unpaired) electrons. The molecule has 0 unspecified atom stereocenters. The highest BCUT2D eigenvalue weighted by Gasteiger charge is 2.33. The molecule has 1 amide bonds. The average Bonchev–Trinajstić information content (AvgIpc) is 2.51. The molecule has 0 bridgehead atoms. The topological polar surface area (TPSA) is 66.5 Å². The Kier molecular flexibility index (Phi) is 6.45. The number of piperidine rings is 1. The van der Waals surface area contributed by atoms with Gasteiger partial charge in [-0.2, -0.15) is 4.31 Å². The number of amides is 1. The molecule has 1 fully saturated rings. The van der Waals surface area contributed by atoms with Crippen molar-refractivity contribution in [3.05, 3.63) is 39.9 Å². The Labute approximate surface area is 158 Å². The van der Waals surface area contributed by atoms with Crippen LogP contribution >= 0.6 is 15.9 Å². The van der Waals surface area contributed by atoms with Crippen LogP contribution in [0.4, 0.5) is 0 Å². The number of hydrogen-bond donors (Lipinski definition) is 1. The molecule has 138 valence electrons. The zero-order valence-corrected chi connectivity index (χ0v) is 17.3. The number of nitrogens with zero attached hydrogens (tertiary/aromatic N) is 1. The Morgan fingerprint density at radius 1 is 1.24 bits per heavy atom. The first kappa shape index (κ1) is 20.1. The van der Waals surface area contributed by atoms with E-state index in [-0.39, 0.29) is 11.8 Å². The van der Waals surface area contributed by atoms with Crippen molar-refractivity contribution < 1.29 is 13.2 Å². The van der Waals surface area contributed by atoms with Gasteiger partial charge in [0.2, 0.25) is 15.9 Å². The van der Waals surface area contributed by atoms with Gasteiger partial charge in [-0.3, -0.25) is 4.79 Å². The van der Waals surface area contributed by atoms with E-state index in [1.54, 1.807) is 0 Å². The zero-order valence-electron chi connectivity index (χ0n) is 14.9. The lowest BCUT2D eigenvalue weighted by atomic mass is 9.97. The van der Waals surface area contributed by atoms with E-state index in [0.717, 1.165) is 16.7 Å². The van der Waals surface area contributed by atoms with E-state index in [2.05, 4.69) is 27.8 Å². The largest absolute Gasteiger partial charge is 0.351 e. The van der Waals surface area contributed by atoms with Crippen LogP contribution in [0.15, 0.2) is 28.1 Å². The van der Waals surface area contributed by atoms with E-state index < -0.39 is 10.0 Å². The summed E-state index contributed by atoms with van der Waals surface area (Å²) in [6, 6.07) is 3.79. The van der Waals surface area contributed by atoms with Crippen LogP contribution in [0.25, 0.3) is 0 Å². The fraction of sp³-hybridized carbons (Fsp3) is 0.500. The summed E-state index contributed by atoms with van der Waals surface area (Å²) in [4.78, 5) is 12.5. The molecule has 0 aliphatic carbocycles. The molecule has 1 aromatic rings. The van der Waals surface area contributed by atoms with Crippen LogP contribution in [0, 0.1) is 26.7 Å². The lowest BCUT2D eigenvalue weighted by Crippen LogP contribution is -2.43. The summed E-state index contributed by atoms with van der Waals surface area (Å²) in [5.74, 6) is -0.196. The first-order valence-corrected chi connectivity index (χ1v) is 10.5. The highest BCUT2D eigenvalue weighted by molar-refractivity contribution is 9.11. The van der Waals surface area contributed by atoms with Crippen molar-refractivity contribution in [2.75, 3.05) is 19.6 Å². The minimum absolute atomic E-state index is 0.0413. The molecular weight excluding hydrogens is 404 g/mol. The molecule has 25 heavy (non-hydrogen) atoms. The van der Waals surface area contributed by atoms with Crippen LogP contribution in [0.1, 0.15) is 29.5 Å². The van der Waals surface area contributed by atoms with Crippen LogP contribution in [0.5, 0.6) is 0 Å². The van der Waals surface area contributed by atoms with Gasteiger partial charge in [0.15, 0.2) is 0 Å². The van der Waals surface area contributed by atoms with Crippen LogP contribution in [-0.4, -0.2) is 38.3 Å². The number of sulfonamides is 1. The molecule has 1 N–H and O–H groups in total. The van der Waals surface area contributed by atoms with Gasteiger partial charge in [-0.25, -0.2) is 8.42 Å². The predicted molar refractivity (Wildman–Crippen MR) is 103 cm³/mol. The third kappa shape index (κ3) is 4.71. The van der Waals surface area contributed by atoms with Crippen LogP contribution in [0.2, 0.25) is 0 Å². The Morgan fingerprint density at radius 3 is 2.24 bits per heavy atom. The summed E-state index contributed by atoms with van der Waals surface area (Å²) in [5.41, 5.74) is 2.60. The van der Waals surface area contributed by atoms with Crippen molar-refractivity contribution in [1.29, 1.82) is 0 Å². The van der Waals surface area contributed by atoms with Crippen LogP contribution in [-0.2, 0) is 14.8 Å².